The van der Waals surface area contributed by atoms with Crippen LogP contribution in [0, 0.1) is 0 Å². The number of primary amides is 1. The van der Waals surface area contributed by atoms with Gasteiger partial charge in [-0.15, -0.1) is 0 Å². The highest BCUT2D eigenvalue weighted by atomic mass is 16.6. The Hall–Kier alpha value is -3.36. The van der Waals surface area contributed by atoms with E-state index < -0.39 is 48.1 Å². The van der Waals surface area contributed by atoms with Crippen molar-refractivity contribution in [2.24, 2.45) is 5.73 Å². The molecule has 0 radical (unpaired) electrons. The van der Waals surface area contributed by atoms with E-state index in [0.717, 1.165) is 18.4 Å². The van der Waals surface area contributed by atoms with E-state index in [4.69, 9.17) is 10.5 Å². The zero-order valence-corrected chi connectivity index (χ0v) is 23.3. The molecule has 9 heteroatoms. The maximum Gasteiger partial charge on any atom is 0.408 e. The Morgan fingerprint density at radius 1 is 1.14 bits per heavy atom. The second-order valence-corrected chi connectivity index (χ2v) is 10.3. The lowest BCUT2D eigenvalue weighted by atomic mass is 9.97. The summed E-state index contributed by atoms with van der Waals surface area (Å²) < 4.78 is 5.31. The molecule has 0 saturated carbocycles. The fourth-order valence-electron chi connectivity index (χ4n) is 3.95. The van der Waals surface area contributed by atoms with Crippen LogP contribution in [0.1, 0.15) is 91.3 Å². The summed E-state index contributed by atoms with van der Waals surface area (Å²) in [6.07, 6.45) is 2.53. The van der Waals surface area contributed by atoms with Gasteiger partial charge in [0, 0.05) is 12.1 Å². The van der Waals surface area contributed by atoms with E-state index in [0.29, 0.717) is 12.0 Å². The molecule has 9 nitrogen and oxygen atoms in total. The first-order valence-corrected chi connectivity index (χ1v) is 12.9. The summed E-state index contributed by atoms with van der Waals surface area (Å²) in [5.74, 6) is -1.73. The van der Waals surface area contributed by atoms with Crippen LogP contribution >= 0.6 is 0 Å². The first kappa shape index (κ1) is 31.7. The Morgan fingerprint density at radius 3 is 2.30 bits per heavy atom. The molecule has 4 atom stereocenters. The van der Waals surface area contributed by atoms with Gasteiger partial charge in [-0.1, -0.05) is 51.1 Å². The van der Waals surface area contributed by atoms with Gasteiger partial charge >= 0.3 is 6.09 Å². The number of carbonyl (C=O) groups excluding carboxylic acids is 4. The molecule has 37 heavy (non-hydrogen) atoms. The summed E-state index contributed by atoms with van der Waals surface area (Å²) in [6.45, 7) is 16.5. The molecule has 0 saturated heterocycles. The van der Waals surface area contributed by atoms with Crippen LogP contribution in [0.3, 0.4) is 0 Å². The van der Waals surface area contributed by atoms with Gasteiger partial charge in [-0.05, 0) is 64.7 Å². The lowest BCUT2D eigenvalue weighted by Gasteiger charge is -2.38. The molecule has 0 aliphatic carbocycles. The van der Waals surface area contributed by atoms with Crippen molar-refractivity contribution in [2.45, 2.75) is 104 Å². The molecule has 0 aliphatic heterocycles. The van der Waals surface area contributed by atoms with Crippen LogP contribution in [0.25, 0.3) is 6.08 Å². The molecule has 4 unspecified atom stereocenters. The highest BCUT2D eigenvalue weighted by Gasteiger charge is 2.39. The third kappa shape index (κ3) is 10.3. The predicted molar refractivity (Wildman–Crippen MR) is 145 cm³/mol. The first-order chi connectivity index (χ1) is 17.2. The normalized spacial score (nSPS) is 14.5. The van der Waals surface area contributed by atoms with E-state index >= 15 is 0 Å². The Balaban J connectivity index is 3.60. The van der Waals surface area contributed by atoms with Crippen molar-refractivity contribution >= 4 is 29.9 Å². The molecule has 1 aromatic rings. The number of ether oxygens (including phenoxy) is 1. The monoisotopic (exact) mass is 516 g/mol. The number of nitrogens with two attached hydrogens (primary N) is 1. The molecule has 4 amide bonds. The van der Waals surface area contributed by atoms with E-state index in [9.17, 15) is 19.2 Å². The van der Waals surface area contributed by atoms with Crippen molar-refractivity contribution in [3.63, 3.8) is 0 Å². The number of nitrogens with one attached hydrogen (secondary N) is 2. The zero-order chi connectivity index (χ0) is 28.3. The maximum atomic E-state index is 14.0. The second-order valence-electron chi connectivity index (χ2n) is 10.3. The minimum Gasteiger partial charge on any atom is -0.444 e. The maximum absolute atomic E-state index is 14.0. The van der Waals surface area contributed by atoms with Crippen LogP contribution < -0.4 is 16.4 Å². The highest BCUT2D eigenvalue weighted by Crippen LogP contribution is 2.28. The molecule has 0 spiro atoms. The fraction of sp³-hybridized carbons (Fsp3) is 0.571. The van der Waals surface area contributed by atoms with Crippen molar-refractivity contribution in [1.82, 2.24) is 15.5 Å². The topological polar surface area (TPSA) is 131 Å². The molecule has 0 heterocycles. The molecule has 0 aliphatic rings. The molecular formula is C28H44N4O5. The van der Waals surface area contributed by atoms with E-state index in [1.165, 1.54) is 4.90 Å². The first-order valence-electron chi connectivity index (χ1n) is 12.9. The van der Waals surface area contributed by atoms with Crippen molar-refractivity contribution in [3.05, 3.63) is 42.0 Å². The third-order valence-electron chi connectivity index (χ3n) is 5.81. The van der Waals surface area contributed by atoms with E-state index in [1.807, 2.05) is 33.8 Å². The summed E-state index contributed by atoms with van der Waals surface area (Å²) in [5, 5.41) is 5.51. The minimum atomic E-state index is -1.31. The molecule has 1 rings (SSSR count). The average Bonchev–Trinajstić information content (AvgIpc) is 2.79. The van der Waals surface area contributed by atoms with Crippen molar-refractivity contribution in [3.8, 4) is 0 Å². The molecule has 0 bridgehead atoms. The largest absolute Gasteiger partial charge is 0.444 e. The molecule has 0 fully saturated rings. The molecular weight excluding hydrogens is 472 g/mol. The van der Waals surface area contributed by atoms with Crippen LogP contribution in [-0.2, 0) is 19.1 Å². The average molecular weight is 517 g/mol. The lowest BCUT2D eigenvalue weighted by molar-refractivity contribution is -0.146. The van der Waals surface area contributed by atoms with Gasteiger partial charge in [0.25, 0.3) is 0 Å². The lowest BCUT2D eigenvalue weighted by Crippen LogP contribution is -2.56. The van der Waals surface area contributed by atoms with Crippen LogP contribution in [0.15, 0.2) is 30.8 Å². The number of rotatable bonds is 13. The van der Waals surface area contributed by atoms with Gasteiger partial charge in [0.2, 0.25) is 17.7 Å². The Bertz CT molecular complexity index is 956. The number of amides is 4. The van der Waals surface area contributed by atoms with Gasteiger partial charge in [-0.3, -0.25) is 14.4 Å². The Kier molecular flexibility index (Phi) is 12.3. The summed E-state index contributed by atoms with van der Waals surface area (Å²) in [7, 11) is 0. The van der Waals surface area contributed by atoms with Gasteiger partial charge in [-0.25, -0.2) is 4.79 Å². The van der Waals surface area contributed by atoms with Crippen molar-refractivity contribution < 1.29 is 23.9 Å². The zero-order valence-electron chi connectivity index (χ0n) is 23.3. The Morgan fingerprint density at radius 2 is 1.78 bits per heavy atom. The number of hydrogen-bond acceptors (Lipinski definition) is 5. The smallest absolute Gasteiger partial charge is 0.408 e. The predicted octanol–water partition coefficient (Wildman–Crippen LogP) is 4.07. The van der Waals surface area contributed by atoms with Crippen LogP contribution in [0.2, 0.25) is 0 Å². The minimum absolute atomic E-state index is 0.113. The van der Waals surface area contributed by atoms with Crippen LogP contribution in [-0.4, -0.2) is 52.4 Å². The standard InChI is InChI=1S/C28H44N4O5/c1-9-13-18(4)30-25(34)24(21-15-12-14-20(11-3)16-21)32(19(5)10-2)26(35)22(17-23(29)33)31-27(36)37-28(6,7)8/h11-12,14-16,18-19,22,24H,3,9-10,13,17H2,1-2,4-8H3,(H2,29,33)(H,30,34)(H,31,36). The number of hydrogen-bond donors (Lipinski definition) is 3. The van der Waals surface area contributed by atoms with Gasteiger partial charge in [0.15, 0.2) is 0 Å². The summed E-state index contributed by atoms with van der Waals surface area (Å²) >= 11 is 0. The number of alkyl carbamates (subject to hydrolysis) is 1. The van der Waals surface area contributed by atoms with Gasteiger partial charge in [-0.2, -0.15) is 0 Å². The number of benzene rings is 1. The highest BCUT2D eigenvalue weighted by molar-refractivity contribution is 5.94. The summed E-state index contributed by atoms with van der Waals surface area (Å²) in [6, 6.07) is 4.36. The van der Waals surface area contributed by atoms with Crippen LogP contribution in [0.5, 0.6) is 0 Å². The van der Waals surface area contributed by atoms with Crippen LogP contribution in [0.4, 0.5) is 4.79 Å². The molecule has 206 valence electrons. The third-order valence-corrected chi connectivity index (χ3v) is 5.81. The Labute approximate surface area is 221 Å². The van der Waals surface area contributed by atoms with E-state index in [1.54, 1.807) is 45.0 Å². The summed E-state index contributed by atoms with van der Waals surface area (Å²) in [4.78, 5) is 53.6. The summed E-state index contributed by atoms with van der Waals surface area (Å²) in [5.41, 5.74) is 5.99. The quantitative estimate of drug-likeness (QED) is 0.364. The van der Waals surface area contributed by atoms with E-state index in [-0.39, 0.29) is 11.9 Å². The van der Waals surface area contributed by atoms with E-state index in [2.05, 4.69) is 17.2 Å². The SMILES string of the molecule is C=Cc1cccc(C(C(=O)NC(C)CCC)N(C(=O)C(CC(N)=O)NC(=O)OC(C)(C)C)C(C)CC)c1. The number of carbonyl (C=O) groups is 4. The van der Waals surface area contributed by atoms with Gasteiger partial charge < -0.3 is 26.0 Å². The van der Waals surface area contributed by atoms with Gasteiger partial charge in [0.05, 0.1) is 6.42 Å². The van der Waals surface area contributed by atoms with Gasteiger partial charge in [0.1, 0.15) is 17.7 Å². The molecule has 1 aromatic carbocycles. The van der Waals surface area contributed by atoms with Crippen molar-refractivity contribution in [1.29, 1.82) is 0 Å². The number of nitrogens with zero attached hydrogens (tertiary/aromatic N) is 1. The molecule has 4 N–H and O–H groups in total. The second kappa shape index (κ2) is 14.4. The molecule has 0 aromatic heterocycles. The fourth-order valence-corrected chi connectivity index (χ4v) is 3.95. The van der Waals surface area contributed by atoms with Crippen molar-refractivity contribution in [2.75, 3.05) is 0 Å².